The SMILES string of the molecule is COc1ccc(C(=O)CC(=O)c2ccc(O)c(O)c2O)cc1O[Si](C)(C)C(C)(C)C. The molecule has 2 rings (SSSR count). The quantitative estimate of drug-likeness (QED) is 0.252. The lowest BCUT2D eigenvalue weighted by molar-refractivity contribution is 0.0892. The van der Waals surface area contributed by atoms with E-state index in [0.29, 0.717) is 11.5 Å². The molecule has 0 heterocycles. The Morgan fingerprint density at radius 1 is 0.933 bits per heavy atom. The lowest BCUT2D eigenvalue weighted by Gasteiger charge is -2.36. The molecule has 0 radical (unpaired) electrons. The van der Waals surface area contributed by atoms with Crippen LogP contribution in [0.25, 0.3) is 0 Å². The number of Topliss-reactive ketones (excluding diaryl/α,β-unsaturated/α-hetero) is 2. The van der Waals surface area contributed by atoms with Gasteiger partial charge in [0.2, 0.25) is 5.75 Å². The Morgan fingerprint density at radius 3 is 2.13 bits per heavy atom. The minimum Gasteiger partial charge on any atom is -0.541 e. The molecule has 0 saturated heterocycles. The van der Waals surface area contributed by atoms with Crippen LogP contribution in [-0.2, 0) is 0 Å². The molecule has 2 aromatic carbocycles. The first-order valence-electron chi connectivity index (χ1n) is 9.46. The van der Waals surface area contributed by atoms with E-state index < -0.39 is 43.6 Å². The Morgan fingerprint density at radius 2 is 1.57 bits per heavy atom. The second kappa shape index (κ2) is 8.39. The molecule has 0 aliphatic carbocycles. The number of carbonyl (C=O) groups excluding carboxylic acids is 2. The molecule has 0 aliphatic rings. The summed E-state index contributed by atoms with van der Waals surface area (Å²) < 4.78 is 11.7. The van der Waals surface area contributed by atoms with Crippen LogP contribution in [0.2, 0.25) is 18.1 Å². The van der Waals surface area contributed by atoms with Crippen molar-refractivity contribution in [1.29, 1.82) is 0 Å². The lowest BCUT2D eigenvalue weighted by atomic mass is 10.00. The van der Waals surface area contributed by atoms with Crippen molar-refractivity contribution >= 4 is 19.9 Å². The summed E-state index contributed by atoms with van der Waals surface area (Å²) in [5, 5.41) is 28.8. The number of hydrogen-bond acceptors (Lipinski definition) is 7. The van der Waals surface area contributed by atoms with E-state index in [0.717, 1.165) is 12.1 Å². The van der Waals surface area contributed by atoms with Crippen molar-refractivity contribution in [2.45, 2.75) is 45.3 Å². The van der Waals surface area contributed by atoms with Gasteiger partial charge in [0.15, 0.2) is 28.8 Å². The fraction of sp³-hybridized carbons (Fsp3) is 0.364. The summed E-state index contributed by atoms with van der Waals surface area (Å²) in [5.41, 5.74) is 0.0188. The fourth-order valence-corrected chi connectivity index (χ4v) is 3.51. The molecule has 0 saturated carbocycles. The summed E-state index contributed by atoms with van der Waals surface area (Å²) >= 11 is 0. The first kappa shape index (κ1) is 23.3. The van der Waals surface area contributed by atoms with Crippen molar-refractivity contribution in [1.82, 2.24) is 0 Å². The van der Waals surface area contributed by atoms with Gasteiger partial charge in [0.25, 0.3) is 8.32 Å². The number of aromatic hydroxyl groups is 3. The number of methoxy groups -OCH3 is 1. The minimum atomic E-state index is -2.20. The molecule has 7 nitrogen and oxygen atoms in total. The summed E-state index contributed by atoms with van der Waals surface area (Å²) in [4.78, 5) is 25.2. The highest BCUT2D eigenvalue weighted by molar-refractivity contribution is 6.74. The van der Waals surface area contributed by atoms with Crippen molar-refractivity contribution in [3.63, 3.8) is 0 Å². The Kier molecular flexibility index (Phi) is 6.51. The Labute approximate surface area is 177 Å². The number of phenolic OH excluding ortho intramolecular Hbond substituents is 3. The third-order valence-electron chi connectivity index (χ3n) is 5.41. The van der Waals surface area contributed by atoms with E-state index in [9.17, 15) is 24.9 Å². The second-order valence-electron chi connectivity index (χ2n) is 8.58. The Bertz CT molecular complexity index is 974. The molecule has 3 N–H and O–H groups in total. The van der Waals surface area contributed by atoms with Gasteiger partial charge in [-0.05, 0) is 48.5 Å². The molecule has 2 aromatic rings. The van der Waals surface area contributed by atoms with Gasteiger partial charge in [0, 0.05) is 5.56 Å². The van der Waals surface area contributed by atoms with E-state index in [1.165, 1.54) is 7.11 Å². The van der Waals surface area contributed by atoms with Gasteiger partial charge in [0.05, 0.1) is 19.1 Å². The molecule has 0 amide bonds. The molecule has 8 heteroatoms. The summed E-state index contributed by atoms with van der Waals surface area (Å²) in [5.74, 6) is -2.35. The van der Waals surface area contributed by atoms with Crippen LogP contribution >= 0.6 is 0 Å². The fourth-order valence-electron chi connectivity index (χ4n) is 2.50. The molecule has 0 bridgehead atoms. The number of benzene rings is 2. The zero-order chi connectivity index (χ0) is 22.9. The van der Waals surface area contributed by atoms with Crippen molar-refractivity contribution in [3.8, 4) is 28.7 Å². The van der Waals surface area contributed by atoms with Gasteiger partial charge in [-0.3, -0.25) is 9.59 Å². The molecular formula is C22H28O7Si. The highest BCUT2D eigenvalue weighted by Crippen LogP contribution is 2.41. The van der Waals surface area contributed by atoms with Gasteiger partial charge in [-0.2, -0.15) is 0 Å². The molecule has 0 spiro atoms. The molecular weight excluding hydrogens is 404 g/mol. The Balaban J connectivity index is 2.30. The summed E-state index contributed by atoms with van der Waals surface area (Å²) in [7, 11) is -0.685. The number of ketones is 2. The second-order valence-corrected chi connectivity index (χ2v) is 13.3. The molecule has 0 unspecified atom stereocenters. The average Bonchev–Trinajstić information content (AvgIpc) is 2.64. The topological polar surface area (TPSA) is 113 Å². The van der Waals surface area contributed by atoms with Crippen molar-refractivity contribution in [2.24, 2.45) is 0 Å². The van der Waals surface area contributed by atoms with Crippen molar-refractivity contribution in [2.75, 3.05) is 7.11 Å². The highest BCUT2D eigenvalue weighted by atomic mass is 28.4. The number of carbonyl (C=O) groups is 2. The van der Waals surface area contributed by atoms with Gasteiger partial charge < -0.3 is 24.5 Å². The van der Waals surface area contributed by atoms with Crippen LogP contribution < -0.4 is 9.16 Å². The van der Waals surface area contributed by atoms with Crippen molar-refractivity contribution < 1.29 is 34.1 Å². The molecule has 30 heavy (non-hydrogen) atoms. The monoisotopic (exact) mass is 432 g/mol. The van der Waals surface area contributed by atoms with Crippen LogP contribution in [0.3, 0.4) is 0 Å². The summed E-state index contributed by atoms with van der Waals surface area (Å²) in [6, 6.07) is 6.94. The third kappa shape index (κ3) is 4.76. The molecule has 0 fully saturated rings. The van der Waals surface area contributed by atoms with E-state index in [2.05, 4.69) is 33.9 Å². The maximum absolute atomic E-state index is 12.7. The van der Waals surface area contributed by atoms with Crippen LogP contribution in [0.15, 0.2) is 30.3 Å². The first-order chi connectivity index (χ1) is 13.8. The predicted molar refractivity (Wildman–Crippen MR) is 116 cm³/mol. The largest absolute Gasteiger partial charge is 0.541 e. The molecule has 0 aromatic heterocycles. The van der Waals surface area contributed by atoms with Crippen LogP contribution in [0.5, 0.6) is 28.7 Å². The summed E-state index contributed by atoms with van der Waals surface area (Å²) in [6.45, 7) is 10.4. The Hall–Kier alpha value is -3.00. The van der Waals surface area contributed by atoms with Crippen LogP contribution in [-0.4, -0.2) is 42.3 Å². The maximum atomic E-state index is 12.7. The maximum Gasteiger partial charge on any atom is 0.250 e. The zero-order valence-electron chi connectivity index (χ0n) is 18.1. The van der Waals surface area contributed by atoms with E-state index in [-0.39, 0.29) is 16.2 Å². The predicted octanol–water partition coefficient (Wildman–Crippen LogP) is 4.65. The highest BCUT2D eigenvalue weighted by Gasteiger charge is 2.39. The molecule has 162 valence electrons. The zero-order valence-corrected chi connectivity index (χ0v) is 19.1. The van der Waals surface area contributed by atoms with Crippen LogP contribution in [0.1, 0.15) is 47.9 Å². The smallest absolute Gasteiger partial charge is 0.250 e. The van der Waals surface area contributed by atoms with E-state index in [4.69, 9.17) is 9.16 Å². The number of ether oxygens (including phenoxy) is 1. The molecule has 0 aliphatic heterocycles. The first-order valence-corrected chi connectivity index (χ1v) is 12.4. The summed E-state index contributed by atoms with van der Waals surface area (Å²) in [6.07, 6.45) is -0.524. The van der Waals surface area contributed by atoms with E-state index >= 15 is 0 Å². The van der Waals surface area contributed by atoms with Gasteiger partial charge in [-0.25, -0.2) is 0 Å². The number of hydrogen-bond donors (Lipinski definition) is 3. The van der Waals surface area contributed by atoms with E-state index in [1.54, 1.807) is 18.2 Å². The lowest BCUT2D eigenvalue weighted by Crippen LogP contribution is -2.44. The average molecular weight is 433 g/mol. The standard InChI is InChI=1S/C22H28O7Si/c1-22(2,3)30(5,6)29-19-11-13(7-10-18(19)28-4)16(24)12-17(25)14-8-9-15(23)21(27)20(14)26/h7-11,23,26-27H,12H2,1-6H3. The number of rotatable bonds is 7. The van der Waals surface area contributed by atoms with Gasteiger partial charge >= 0.3 is 0 Å². The van der Waals surface area contributed by atoms with Crippen LogP contribution in [0.4, 0.5) is 0 Å². The van der Waals surface area contributed by atoms with E-state index in [1.807, 2.05) is 0 Å². The number of phenols is 3. The van der Waals surface area contributed by atoms with Gasteiger partial charge in [-0.15, -0.1) is 0 Å². The van der Waals surface area contributed by atoms with Gasteiger partial charge in [-0.1, -0.05) is 20.8 Å². The van der Waals surface area contributed by atoms with Crippen LogP contribution in [0, 0.1) is 0 Å². The third-order valence-corrected chi connectivity index (χ3v) is 9.75. The van der Waals surface area contributed by atoms with Crippen molar-refractivity contribution in [3.05, 3.63) is 41.5 Å². The minimum absolute atomic E-state index is 0.0631. The normalized spacial score (nSPS) is 11.8. The molecule has 0 atom stereocenters. The van der Waals surface area contributed by atoms with Gasteiger partial charge in [0.1, 0.15) is 5.75 Å².